The van der Waals surface area contributed by atoms with E-state index in [9.17, 15) is 24.1 Å². The van der Waals surface area contributed by atoms with Crippen LogP contribution in [0.4, 0.5) is 0 Å². The molecule has 0 fully saturated rings. The Morgan fingerprint density at radius 2 is 1.38 bits per heavy atom. The van der Waals surface area contributed by atoms with Crippen LogP contribution >= 0.6 is 7.82 Å². The lowest BCUT2D eigenvalue weighted by Gasteiger charge is -2.18. The van der Waals surface area contributed by atoms with Crippen molar-refractivity contribution in [1.82, 2.24) is 0 Å². The maximum atomic E-state index is 12.4. The van der Waals surface area contributed by atoms with Gasteiger partial charge in [0.05, 0.1) is 12.7 Å². The maximum absolute atomic E-state index is 12.4. The Balaban J connectivity index is 2.29. The predicted octanol–water partition coefficient (Wildman–Crippen LogP) is 9.02. The highest BCUT2D eigenvalue weighted by Crippen LogP contribution is 2.36. The van der Waals surface area contributed by atoms with Gasteiger partial charge in [-0.25, -0.2) is 4.57 Å². The van der Waals surface area contributed by atoms with Crippen LogP contribution in [0.1, 0.15) is 155 Å². The van der Waals surface area contributed by atoms with Crippen molar-refractivity contribution in [3.8, 4) is 0 Å². The Bertz CT molecular complexity index is 1050. The molecule has 0 saturated carbocycles. The Labute approximate surface area is 301 Å². The van der Waals surface area contributed by atoms with Crippen molar-refractivity contribution in [2.24, 2.45) is 11.8 Å². The number of unbranched alkanes of at least 4 members (excludes halogenated alkanes) is 15. The minimum absolute atomic E-state index is 0.0300. The third-order valence-electron chi connectivity index (χ3n) is 8.91. The summed E-state index contributed by atoms with van der Waals surface area (Å²) in [6.07, 6.45) is 30.7. The molecule has 3 N–H and O–H groups in total. The number of allylic oxidation sites excluding steroid dienone is 5. The van der Waals surface area contributed by atoms with Gasteiger partial charge in [0.1, 0.15) is 6.61 Å². The molecule has 0 radical (unpaired) electrons. The number of aliphatic hydroxyl groups is 1. The number of hydrogen-bond donors (Lipinski definition) is 3. The summed E-state index contributed by atoms with van der Waals surface area (Å²) in [5.74, 6) is -1.24. The zero-order chi connectivity index (χ0) is 36.9. The Kier molecular flexibility index (Phi) is 27.1. The summed E-state index contributed by atoms with van der Waals surface area (Å²) in [5.41, 5.74) is 0. The van der Waals surface area contributed by atoms with Gasteiger partial charge in [-0.1, -0.05) is 141 Å². The number of carbonyl (C=O) groups is 3. The number of hydrogen-bond acceptors (Lipinski definition) is 8. The number of rotatable bonds is 32. The molecule has 11 heteroatoms. The van der Waals surface area contributed by atoms with E-state index in [1.54, 1.807) is 12.2 Å². The lowest BCUT2D eigenvalue weighted by molar-refractivity contribution is -0.161. The number of ether oxygens (including phenoxy) is 2. The van der Waals surface area contributed by atoms with Gasteiger partial charge in [-0.05, 0) is 44.1 Å². The molecule has 0 unspecified atom stereocenters. The third kappa shape index (κ3) is 25.8. The largest absolute Gasteiger partial charge is 0.469 e. The highest BCUT2D eigenvalue weighted by molar-refractivity contribution is 7.46. The van der Waals surface area contributed by atoms with Crippen LogP contribution in [0.5, 0.6) is 0 Å². The van der Waals surface area contributed by atoms with Gasteiger partial charge < -0.3 is 24.4 Å². The van der Waals surface area contributed by atoms with Gasteiger partial charge in [0.2, 0.25) is 0 Å². The predicted molar refractivity (Wildman–Crippen MR) is 197 cm³/mol. The summed E-state index contributed by atoms with van der Waals surface area (Å²) in [5, 5.41) is 10.2. The van der Waals surface area contributed by atoms with E-state index in [1.807, 2.05) is 24.3 Å². The summed E-state index contributed by atoms with van der Waals surface area (Å²) in [4.78, 5) is 55.2. The van der Waals surface area contributed by atoms with Crippen molar-refractivity contribution in [1.29, 1.82) is 0 Å². The van der Waals surface area contributed by atoms with Gasteiger partial charge in [0.25, 0.3) is 0 Å². The molecule has 0 aliphatic heterocycles. The zero-order valence-electron chi connectivity index (χ0n) is 30.9. The fraction of sp³-hybridized carbons (Fsp3) is 0.769. The fourth-order valence-corrected chi connectivity index (χ4v) is 6.25. The molecule has 0 aromatic heterocycles. The maximum Gasteiger partial charge on any atom is 0.469 e. The van der Waals surface area contributed by atoms with Crippen molar-refractivity contribution < 1.29 is 47.8 Å². The van der Waals surface area contributed by atoms with Crippen LogP contribution in [0.15, 0.2) is 36.5 Å². The second kappa shape index (κ2) is 29.5. The second-order valence-electron chi connectivity index (χ2n) is 13.6. The number of phosphoric ester groups is 1. The van der Waals surface area contributed by atoms with Crippen LogP contribution in [-0.4, -0.2) is 58.0 Å². The first-order chi connectivity index (χ1) is 24.1. The average molecular weight is 727 g/mol. The lowest BCUT2D eigenvalue weighted by atomic mass is 9.90. The SMILES string of the molecule is CCCCCCCCCCCCCCCC(=O)O[C@H](COC(=O)CCC/C=C\C[C@H]1C=CC(=O)[C@@H]1/C=C/[C@@H](O)CCCCC)COP(=O)(O)O. The van der Waals surface area contributed by atoms with Gasteiger partial charge in [0, 0.05) is 18.8 Å². The molecule has 4 atom stereocenters. The van der Waals surface area contributed by atoms with E-state index in [4.69, 9.17) is 19.3 Å². The molecule has 0 aromatic carbocycles. The molecule has 0 amide bonds. The Morgan fingerprint density at radius 3 is 2.00 bits per heavy atom. The van der Waals surface area contributed by atoms with Gasteiger partial charge in [-0.2, -0.15) is 0 Å². The molecule has 1 rings (SSSR count). The first-order valence-corrected chi connectivity index (χ1v) is 20.9. The quantitative estimate of drug-likeness (QED) is 0.0265. The topological polar surface area (TPSA) is 157 Å². The average Bonchev–Trinajstić information content (AvgIpc) is 3.43. The Hall–Kier alpha value is -2.10. The normalized spacial score (nSPS) is 17.6. The molecule has 0 saturated heterocycles. The standard InChI is InChI=1S/C39H67O10P/c1-3-5-7-8-9-10-11-12-13-14-15-16-22-26-39(43)49-35(32-48-50(44,45)46)31-47-38(42)25-21-18-17-20-23-33-27-30-37(41)36(33)29-28-34(40)24-19-6-4-2/h17,20,27-30,33-36,40H,3-16,18-19,21-26,31-32H2,1-2H3,(H2,44,45,46)/b20-17-,29-28+/t33-,34-,35+,36+/m0/s1. The third-order valence-corrected chi connectivity index (χ3v) is 9.39. The van der Waals surface area contributed by atoms with Crippen molar-refractivity contribution in [3.63, 3.8) is 0 Å². The summed E-state index contributed by atoms with van der Waals surface area (Å²) in [7, 11) is -4.80. The lowest BCUT2D eigenvalue weighted by Crippen LogP contribution is -2.29. The highest BCUT2D eigenvalue weighted by Gasteiger charge is 2.27. The molecule has 0 spiro atoms. The second-order valence-corrected chi connectivity index (χ2v) is 14.8. The van der Waals surface area contributed by atoms with Crippen LogP contribution in [0, 0.1) is 11.8 Å². The molecule has 0 aromatic rings. The van der Waals surface area contributed by atoms with Crippen LogP contribution in [-0.2, 0) is 32.9 Å². The summed E-state index contributed by atoms with van der Waals surface area (Å²) < 4.78 is 26.3. The number of carbonyl (C=O) groups excluding carboxylic acids is 3. The minimum Gasteiger partial charge on any atom is -0.462 e. The first-order valence-electron chi connectivity index (χ1n) is 19.3. The summed E-state index contributed by atoms with van der Waals surface area (Å²) >= 11 is 0. The van der Waals surface area contributed by atoms with Crippen LogP contribution in [0.25, 0.3) is 0 Å². The molecule has 1 aliphatic carbocycles. The van der Waals surface area contributed by atoms with Crippen molar-refractivity contribution >= 4 is 25.5 Å². The van der Waals surface area contributed by atoms with Crippen molar-refractivity contribution in [2.75, 3.05) is 13.2 Å². The number of esters is 2. The molecule has 288 valence electrons. The number of phosphoric acid groups is 1. The van der Waals surface area contributed by atoms with E-state index in [0.29, 0.717) is 32.1 Å². The summed E-state index contributed by atoms with van der Waals surface area (Å²) in [6.45, 7) is 3.40. The number of aliphatic hydroxyl groups excluding tert-OH is 1. The molecule has 1 aliphatic rings. The molecule has 0 bridgehead atoms. The molecular weight excluding hydrogens is 659 g/mol. The van der Waals surface area contributed by atoms with E-state index < -0.39 is 38.6 Å². The smallest absolute Gasteiger partial charge is 0.462 e. The monoisotopic (exact) mass is 726 g/mol. The van der Waals surface area contributed by atoms with E-state index in [2.05, 4.69) is 18.4 Å². The van der Waals surface area contributed by atoms with E-state index in [1.165, 1.54) is 57.8 Å². The number of ketones is 1. The van der Waals surface area contributed by atoms with Crippen LogP contribution < -0.4 is 0 Å². The van der Waals surface area contributed by atoms with Crippen molar-refractivity contribution in [2.45, 2.75) is 167 Å². The minimum atomic E-state index is -4.80. The molecule has 50 heavy (non-hydrogen) atoms. The van der Waals surface area contributed by atoms with Crippen LogP contribution in [0.2, 0.25) is 0 Å². The molecular formula is C39H67O10P. The van der Waals surface area contributed by atoms with Crippen molar-refractivity contribution in [3.05, 3.63) is 36.5 Å². The fourth-order valence-electron chi connectivity index (χ4n) is 5.89. The highest BCUT2D eigenvalue weighted by atomic mass is 31.2. The molecule has 10 nitrogen and oxygen atoms in total. The van der Waals surface area contributed by atoms with Gasteiger partial charge >= 0.3 is 19.8 Å². The van der Waals surface area contributed by atoms with E-state index in [0.717, 1.165) is 38.5 Å². The Morgan fingerprint density at radius 1 is 0.800 bits per heavy atom. The van der Waals surface area contributed by atoms with Gasteiger partial charge in [0.15, 0.2) is 11.9 Å². The first kappa shape index (κ1) is 45.9. The molecule has 0 heterocycles. The summed E-state index contributed by atoms with van der Waals surface area (Å²) in [6, 6.07) is 0. The zero-order valence-corrected chi connectivity index (χ0v) is 31.8. The van der Waals surface area contributed by atoms with Gasteiger partial charge in [-0.15, -0.1) is 0 Å². The van der Waals surface area contributed by atoms with Gasteiger partial charge in [-0.3, -0.25) is 18.9 Å². The van der Waals surface area contributed by atoms with E-state index >= 15 is 0 Å². The van der Waals surface area contributed by atoms with Crippen LogP contribution in [0.3, 0.4) is 0 Å². The van der Waals surface area contributed by atoms with E-state index in [-0.39, 0.29) is 37.1 Å².